The first-order valence-corrected chi connectivity index (χ1v) is 7.83. The lowest BCUT2D eigenvalue weighted by atomic mass is 10.0. The lowest BCUT2D eigenvalue weighted by molar-refractivity contribution is 0.0692. The predicted octanol–water partition coefficient (Wildman–Crippen LogP) is 4.56. The van der Waals surface area contributed by atoms with Gasteiger partial charge in [-0.2, -0.15) is 0 Å². The third-order valence-electron chi connectivity index (χ3n) is 3.61. The highest BCUT2D eigenvalue weighted by molar-refractivity contribution is 7.98. The number of aryl methyl sites for hydroxylation is 1. The van der Waals surface area contributed by atoms with Crippen molar-refractivity contribution in [3.8, 4) is 11.1 Å². The molecule has 0 fully saturated rings. The lowest BCUT2D eigenvalue weighted by Crippen LogP contribution is -1.98. The van der Waals surface area contributed by atoms with Crippen molar-refractivity contribution in [3.63, 3.8) is 0 Å². The molecule has 3 aromatic rings. The predicted molar refractivity (Wildman–Crippen MR) is 87.2 cm³/mol. The van der Waals surface area contributed by atoms with Crippen molar-refractivity contribution in [2.45, 2.75) is 11.8 Å². The molecule has 0 amide bonds. The SMILES string of the molecule is CSc1cccc(-c2c(C(=O)O)[nH]c3c(C)cccc23)c1. The summed E-state index contributed by atoms with van der Waals surface area (Å²) in [6.07, 6.45) is 2.01. The van der Waals surface area contributed by atoms with Gasteiger partial charge in [-0.3, -0.25) is 0 Å². The van der Waals surface area contributed by atoms with E-state index in [0.717, 1.165) is 32.5 Å². The van der Waals surface area contributed by atoms with E-state index in [2.05, 4.69) is 4.98 Å². The maximum Gasteiger partial charge on any atom is 0.352 e. The summed E-state index contributed by atoms with van der Waals surface area (Å²) in [7, 11) is 0. The number of carboxylic acid groups (broad SMARTS) is 1. The number of carbonyl (C=O) groups is 1. The summed E-state index contributed by atoms with van der Waals surface area (Å²) in [6.45, 7) is 1.98. The molecule has 0 aliphatic heterocycles. The van der Waals surface area contributed by atoms with Gasteiger partial charge in [0.15, 0.2) is 0 Å². The van der Waals surface area contributed by atoms with Crippen LogP contribution in [-0.2, 0) is 0 Å². The van der Waals surface area contributed by atoms with E-state index < -0.39 is 5.97 Å². The molecule has 2 aromatic carbocycles. The Balaban J connectivity index is 2.36. The lowest BCUT2D eigenvalue weighted by Gasteiger charge is -2.04. The normalized spacial score (nSPS) is 11.0. The number of thioether (sulfide) groups is 1. The molecule has 0 radical (unpaired) electrons. The number of aromatic amines is 1. The number of aromatic nitrogens is 1. The molecule has 1 heterocycles. The second kappa shape index (κ2) is 5.30. The molecule has 4 heteroatoms. The molecule has 0 atom stereocenters. The van der Waals surface area contributed by atoms with Crippen LogP contribution in [0.3, 0.4) is 0 Å². The Hall–Kier alpha value is -2.20. The minimum absolute atomic E-state index is 0.248. The monoisotopic (exact) mass is 297 g/mol. The van der Waals surface area contributed by atoms with Crippen LogP contribution in [0.5, 0.6) is 0 Å². The van der Waals surface area contributed by atoms with Gasteiger partial charge < -0.3 is 10.1 Å². The second-order valence-corrected chi connectivity index (χ2v) is 5.79. The number of hydrogen-bond acceptors (Lipinski definition) is 2. The second-order valence-electron chi connectivity index (χ2n) is 4.91. The Morgan fingerprint density at radius 2 is 1.95 bits per heavy atom. The van der Waals surface area contributed by atoms with Crippen molar-refractivity contribution >= 4 is 28.6 Å². The number of H-pyrrole nitrogens is 1. The minimum Gasteiger partial charge on any atom is -0.477 e. The van der Waals surface area contributed by atoms with E-state index in [1.54, 1.807) is 11.8 Å². The van der Waals surface area contributed by atoms with E-state index in [1.165, 1.54) is 0 Å². The number of carboxylic acids is 1. The first kappa shape index (κ1) is 13.8. The molecule has 0 aliphatic carbocycles. The van der Waals surface area contributed by atoms with Crippen LogP contribution < -0.4 is 0 Å². The van der Waals surface area contributed by atoms with Gasteiger partial charge in [0.2, 0.25) is 0 Å². The van der Waals surface area contributed by atoms with Crippen LogP contribution in [0.4, 0.5) is 0 Å². The Labute approximate surface area is 127 Å². The number of rotatable bonds is 3. The van der Waals surface area contributed by atoms with E-state index >= 15 is 0 Å². The third kappa shape index (κ3) is 2.32. The zero-order valence-electron chi connectivity index (χ0n) is 11.8. The van der Waals surface area contributed by atoms with Crippen molar-refractivity contribution in [1.82, 2.24) is 4.98 Å². The molecule has 0 saturated carbocycles. The van der Waals surface area contributed by atoms with Gasteiger partial charge in [-0.25, -0.2) is 4.79 Å². The fourth-order valence-electron chi connectivity index (χ4n) is 2.60. The van der Waals surface area contributed by atoms with Gasteiger partial charge in [0, 0.05) is 21.4 Å². The summed E-state index contributed by atoms with van der Waals surface area (Å²) < 4.78 is 0. The number of aromatic carboxylic acids is 1. The number of fused-ring (bicyclic) bond motifs is 1. The minimum atomic E-state index is -0.935. The van der Waals surface area contributed by atoms with Gasteiger partial charge in [0.1, 0.15) is 5.69 Å². The molecule has 106 valence electrons. The number of nitrogens with one attached hydrogen (secondary N) is 1. The van der Waals surface area contributed by atoms with Crippen LogP contribution in [-0.4, -0.2) is 22.3 Å². The number of hydrogen-bond donors (Lipinski definition) is 2. The summed E-state index contributed by atoms with van der Waals surface area (Å²) in [5.41, 5.74) is 3.87. The molecule has 2 N–H and O–H groups in total. The Morgan fingerprint density at radius 1 is 1.19 bits per heavy atom. The highest BCUT2D eigenvalue weighted by atomic mass is 32.2. The molecular formula is C17H15NO2S. The van der Waals surface area contributed by atoms with E-state index in [-0.39, 0.29) is 5.69 Å². The molecular weight excluding hydrogens is 282 g/mol. The van der Waals surface area contributed by atoms with Gasteiger partial charge in [0.05, 0.1) is 0 Å². The van der Waals surface area contributed by atoms with Gasteiger partial charge in [-0.1, -0.05) is 30.3 Å². The third-order valence-corrected chi connectivity index (χ3v) is 4.34. The summed E-state index contributed by atoms with van der Waals surface area (Å²) in [4.78, 5) is 15.8. The highest BCUT2D eigenvalue weighted by Crippen LogP contribution is 2.35. The zero-order valence-corrected chi connectivity index (χ0v) is 12.6. The van der Waals surface area contributed by atoms with Crippen LogP contribution in [0.1, 0.15) is 16.1 Å². The van der Waals surface area contributed by atoms with Gasteiger partial charge in [-0.15, -0.1) is 11.8 Å². The standard InChI is InChI=1S/C17H15NO2S/c1-10-5-3-8-13-14(16(17(19)20)18-15(10)13)11-6-4-7-12(9-11)21-2/h3-9,18H,1-2H3,(H,19,20). The number of benzene rings is 2. The van der Waals surface area contributed by atoms with Crippen LogP contribution in [0.25, 0.3) is 22.0 Å². The van der Waals surface area contributed by atoms with Gasteiger partial charge in [-0.05, 0) is 36.4 Å². The highest BCUT2D eigenvalue weighted by Gasteiger charge is 2.19. The summed E-state index contributed by atoms with van der Waals surface area (Å²) in [6, 6.07) is 13.9. The van der Waals surface area contributed by atoms with Crippen LogP contribution in [0, 0.1) is 6.92 Å². The van der Waals surface area contributed by atoms with Crippen molar-refractivity contribution < 1.29 is 9.90 Å². The Bertz CT molecular complexity index is 836. The first-order chi connectivity index (χ1) is 10.1. The maximum atomic E-state index is 11.6. The van der Waals surface area contributed by atoms with E-state index in [4.69, 9.17) is 0 Å². The largest absolute Gasteiger partial charge is 0.477 e. The summed E-state index contributed by atoms with van der Waals surface area (Å²) in [5, 5.41) is 10.5. The van der Waals surface area contributed by atoms with E-state index in [0.29, 0.717) is 0 Å². The first-order valence-electron chi connectivity index (χ1n) is 6.61. The molecule has 0 aliphatic rings. The molecule has 21 heavy (non-hydrogen) atoms. The average Bonchev–Trinajstić information content (AvgIpc) is 2.88. The fraction of sp³-hybridized carbons (Fsp3) is 0.118. The topological polar surface area (TPSA) is 53.1 Å². The van der Waals surface area contributed by atoms with Gasteiger partial charge >= 0.3 is 5.97 Å². The summed E-state index contributed by atoms with van der Waals surface area (Å²) in [5.74, 6) is -0.935. The fourth-order valence-corrected chi connectivity index (χ4v) is 3.06. The van der Waals surface area contributed by atoms with Crippen LogP contribution in [0.15, 0.2) is 47.4 Å². The zero-order chi connectivity index (χ0) is 15.0. The van der Waals surface area contributed by atoms with E-state index in [1.807, 2.05) is 55.6 Å². The van der Waals surface area contributed by atoms with Crippen molar-refractivity contribution in [3.05, 3.63) is 53.7 Å². The van der Waals surface area contributed by atoms with Crippen LogP contribution in [0.2, 0.25) is 0 Å². The molecule has 3 rings (SSSR count). The molecule has 0 unspecified atom stereocenters. The molecule has 0 bridgehead atoms. The van der Waals surface area contributed by atoms with Crippen molar-refractivity contribution in [1.29, 1.82) is 0 Å². The van der Waals surface area contributed by atoms with Gasteiger partial charge in [0.25, 0.3) is 0 Å². The quantitative estimate of drug-likeness (QED) is 0.697. The average molecular weight is 297 g/mol. The molecule has 3 nitrogen and oxygen atoms in total. The Kier molecular flexibility index (Phi) is 3.47. The molecule has 0 spiro atoms. The smallest absolute Gasteiger partial charge is 0.352 e. The molecule has 1 aromatic heterocycles. The van der Waals surface area contributed by atoms with Crippen molar-refractivity contribution in [2.24, 2.45) is 0 Å². The maximum absolute atomic E-state index is 11.6. The number of para-hydroxylation sites is 1. The Morgan fingerprint density at radius 3 is 2.67 bits per heavy atom. The summed E-state index contributed by atoms with van der Waals surface area (Å²) >= 11 is 1.65. The van der Waals surface area contributed by atoms with E-state index in [9.17, 15) is 9.90 Å². The van der Waals surface area contributed by atoms with Crippen LogP contribution >= 0.6 is 11.8 Å². The van der Waals surface area contributed by atoms with Crippen molar-refractivity contribution in [2.75, 3.05) is 6.26 Å². The molecule has 0 saturated heterocycles.